The summed E-state index contributed by atoms with van der Waals surface area (Å²) in [6, 6.07) is 19.4. The second-order valence-corrected chi connectivity index (χ2v) is 7.62. The van der Waals surface area contributed by atoms with Crippen molar-refractivity contribution in [3.8, 4) is 11.1 Å². The van der Waals surface area contributed by atoms with Gasteiger partial charge in [0.25, 0.3) is 0 Å². The van der Waals surface area contributed by atoms with Gasteiger partial charge in [0.15, 0.2) is 0 Å². The highest BCUT2D eigenvalue weighted by Crippen LogP contribution is 2.44. The van der Waals surface area contributed by atoms with Crippen LogP contribution in [-0.2, 0) is 14.3 Å². The highest BCUT2D eigenvalue weighted by atomic mass is 19.1. The first kappa shape index (κ1) is 22.0. The van der Waals surface area contributed by atoms with Crippen LogP contribution in [0.4, 0.5) is 14.9 Å². The average molecular weight is 448 g/mol. The van der Waals surface area contributed by atoms with Gasteiger partial charge < -0.3 is 20.5 Å². The number of fused-ring (bicyclic) bond motifs is 3. The van der Waals surface area contributed by atoms with Crippen molar-refractivity contribution in [3.63, 3.8) is 0 Å². The van der Waals surface area contributed by atoms with E-state index in [4.69, 9.17) is 9.84 Å². The molecule has 0 spiro atoms. The maximum atomic E-state index is 13.4. The minimum absolute atomic E-state index is 0.0190. The number of halogens is 1. The molecule has 0 aromatic heterocycles. The maximum absolute atomic E-state index is 13.4. The lowest BCUT2D eigenvalue weighted by atomic mass is 9.98. The van der Waals surface area contributed by atoms with Crippen LogP contribution in [0.5, 0.6) is 0 Å². The van der Waals surface area contributed by atoms with Gasteiger partial charge in [-0.3, -0.25) is 9.59 Å². The molecule has 168 valence electrons. The first-order valence-electron chi connectivity index (χ1n) is 10.3. The van der Waals surface area contributed by atoms with E-state index in [0.29, 0.717) is 0 Å². The van der Waals surface area contributed by atoms with Crippen LogP contribution in [0.2, 0.25) is 0 Å². The number of carboxylic acids is 1. The summed E-state index contributed by atoms with van der Waals surface area (Å²) in [5, 5.41) is 13.9. The van der Waals surface area contributed by atoms with Crippen molar-refractivity contribution in [2.45, 2.75) is 18.4 Å². The fraction of sp³-hybridized carbons (Fsp3) is 0.160. The molecule has 1 atom stereocenters. The number of benzene rings is 3. The van der Waals surface area contributed by atoms with Crippen molar-refractivity contribution in [1.82, 2.24) is 5.32 Å². The van der Waals surface area contributed by atoms with Crippen LogP contribution in [0.25, 0.3) is 11.1 Å². The topological polar surface area (TPSA) is 105 Å². The number of carbonyl (C=O) groups is 3. The summed E-state index contributed by atoms with van der Waals surface area (Å²) in [7, 11) is 0. The molecule has 33 heavy (non-hydrogen) atoms. The van der Waals surface area contributed by atoms with Crippen molar-refractivity contribution >= 4 is 23.7 Å². The normalized spacial score (nSPS) is 12.9. The molecule has 0 heterocycles. The molecule has 0 fully saturated rings. The van der Waals surface area contributed by atoms with E-state index in [2.05, 4.69) is 10.6 Å². The van der Waals surface area contributed by atoms with Crippen LogP contribution >= 0.6 is 0 Å². The zero-order valence-corrected chi connectivity index (χ0v) is 17.5. The van der Waals surface area contributed by atoms with E-state index < -0.39 is 36.2 Å². The predicted molar refractivity (Wildman–Crippen MR) is 119 cm³/mol. The van der Waals surface area contributed by atoms with Gasteiger partial charge in [-0.05, 0) is 40.5 Å². The third-order valence-corrected chi connectivity index (χ3v) is 5.42. The summed E-state index contributed by atoms with van der Waals surface area (Å²) >= 11 is 0. The van der Waals surface area contributed by atoms with E-state index in [9.17, 15) is 18.8 Å². The molecule has 3 aromatic rings. The minimum atomic E-state index is -1.40. The van der Waals surface area contributed by atoms with Gasteiger partial charge in [0.2, 0.25) is 5.91 Å². The van der Waals surface area contributed by atoms with E-state index in [1.54, 1.807) is 0 Å². The number of alkyl carbamates (subject to hydrolysis) is 1. The molecule has 7 nitrogen and oxygen atoms in total. The number of ether oxygens (including phenoxy) is 1. The summed E-state index contributed by atoms with van der Waals surface area (Å²) in [4.78, 5) is 36.2. The van der Waals surface area contributed by atoms with Crippen LogP contribution in [-0.4, -0.2) is 35.7 Å². The summed E-state index contributed by atoms with van der Waals surface area (Å²) in [5.41, 5.74) is 4.33. The standard InChI is InChI=1S/C25H21FN2O5/c26-15-6-5-7-16(12-15)27-24(31)22(13-23(29)30)28-25(32)33-14-21-19-10-3-1-8-17(19)18-9-2-4-11-20(18)21/h1-12,21-22H,13-14H2,(H,27,31)(H,28,32)(H,29,30). The van der Waals surface area contributed by atoms with Gasteiger partial charge in [-0.15, -0.1) is 0 Å². The molecule has 8 heteroatoms. The summed E-state index contributed by atoms with van der Waals surface area (Å²) < 4.78 is 18.8. The molecule has 1 aliphatic carbocycles. The van der Waals surface area contributed by atoms with E-state index in [1.807, 2.05) is 48.5 Å². The Hall–Kier alpha value is -4.20. The second-order valence-electron chi connectivity index (χ2n) is 7.62. The number of carbonyl (C=O) groups excluding carboxylic acids is 2. The van der Waals surface area contributed by atoms with E-state index in [-0.39, 0.29) is 18.2 Å². The van der Waals surface area contributed by atoms with Crippen LogP contribution in [0.15, 0.2) is 72.8 Å². The van der Waals surface area contributed by atoms with Crippen LogP contribution < -0.4 is 10.6 Å². The molecule has 0 radical (unpaired) electrons. The highest BCUT2D eigenvalue weighted by molar-refractivity contribution is 5.98. The fourth-order valence-electron chi connectivity index (χ4n) is 3.96. The Kier molecular flexibility index (Phi) is 6.35. The van der Waals surface area contributed by atoms with Crippen molar-refractivity contribution in [3.05, 3.63) is 89.7 Å². The fourth-order valence-corrected chi connectivity index (χ4v) is 3.96. The Labute approximate surface area is 189 Å². The Morgan fingerprint density at radius 3 is 2.18 bits per heavy atom. The average Bonchev–Trinajstić information content (AvgIpc) is 3.11. The molecule has 4 rings (SSSR count). The molecular weight excluding hydrogens is 427 g/mol. The second kappa shape index (κ2) is 9.52. The Bertz CT molecular complexity index is 1170. The smallest absolute Gasteiger partial charge is 0.407 e. The molecule has 2 amide bonds. The van der Waals surface area contributed by atoms with E-state index in [1.165, 1.54) is 18.2 Å². The van der Waals surface area contributed by atoms with Crippen molar-refractivity contribution in [1.29, 1.82) is 0 Å². The van der Waals surface area contributed by atoms with Gasteiger partial charge in [0, 0.05) is 11.6 Å². The van der Waals surface area contributed by atoms with Gasteiger partial charge in [0.1, 0.15) is 18.5 Å². The largest absolute Gasteiger partial charge is 0.481 e. The van der Waals surface area contributed by atoms with Crippen LogP contribution in [0.3, 0.4) is 0 Å². The number of anilines is 1. The van der Waals surface area contributed by atoms with Gasteiger partial charge >= 0.3 is 12.1 Å². The minimum Gasteiger partial charge on any atom is -0.481 e. The van der Waals surface area contributed by atoms with Crippen molar-refractivity contribution in [2.24, 2.45) is 0 Å². The molecule has 3 aromatic carbocycles. The van der Waals surface area contributed by atoms with Crippen molar-refractivity contribution in [2.75, 3.05) is 11.9 Å². The molecule has 0 saturated heterocycles. The zero-order valence-electron chi connectivity index (χ0n) is 17.5. The van der Waals surface area contributed by atoms with Crippen LogP contribution in [0, 0.1) is 5.82 Å². The maximum Gasteiger partial charge on any atom is 0.407 e. The zero-order chi connectivity index (χ0) is 23.4. The van der Waals surface area contributed by atoms with Crippen molar-refractivity contribution < 1.29 is 28.6 Å². The van der Waals surface area contributed by atoms with E-state index >= 15 is 0 Å². The molecule has 3 N–H and O–H groups in total. The summed E-state index contributed by atoms with van der Waals surface area (Å²) in [6.45, 7) is 0.0190. The Balaban J connectivity index is 1.43. The summed E-state index contributed by atoms with van der Waals surface area (Å²) in [6.07, 6.45) is -1.58. The lowest BCUT2D eigenvalue weighted by Crippen LogP contribution is -2.45. The Morgan fingerprint density at radius 1 is 0.939 bits per heavy atom. The number of carboxylic acid groups (broad SMARTS) is 1. The highest BCUT2D eigenvalue weighted by Gasteiger charge is 2.30. The van der Waals surface area contributed by atoms with Gasteiger partial charge in [-0.1, -0.05) is 54.6 Å². The monoisotopic (exact) mass is 448 g/mol. The lowest BCUT2D eigenvalue weighted by molar-refractivity contribution is -0.139. The van der Waals surface area contributed by atoms with Crippen LogP contribution in [0.1, 0.15) is 23.5 Å². The Morgan fingerprint density at radius 2 is 1.58 bits per heavy atom. The summed E-state index contributed by atoms with van der Waals surface area (Å²) in [5.74, 6) is -2.82. The lowest BCUT2D eigenvalue weighted by Gasteiger charge is -2.18. The number of rotatable bonds is 7. The number of hydrogen-bond acceptors (Lipinski definition) is 4. The number of amides is 2. The van der Waals surface area contributed by atoms with Gasteiger partial charge in [0.05, 0.1) is 6.42 Å². The number of aliphatic carboxylic acids is 1. The van der Waals surface area contributed by atoms with E-state index in [0.717, 1.165) is 28.3 Å². The molecule has 1 aliphatic rings. The molecular formula is C25H21FN2O5. The SMILES string of the molecule is O=C(O)CC(NC(=O)OCC1c2ccccc2-c2ccccc21)C(=O)Nc1cccc(F)c1. The molecule has 0 saturated carbocycles. The first-order valence-corrected chi connectivity index (χ1v) is 10.3. The third kappa shape index (κ3) is 5.01. The molecule has 0 aliphatic heterocycles. The van der Waals surface area contributed by atoms with Gasteiger partial charge in [-0.2, -0.15) is 0 Å². The quantitative estimate of drug-likeness (QED) is 0.504. The number of nitrogens with one attached hydrogen (secondary N) is 2. The third-order valence-electron chi connectivity index (χ3n) is 5.42. The number of hydrogen-bond donors (Lipinski definition) is 3. The molecule has 0 bridgehead atoms. The first-order chi connectivity index (χ1) is 15.9. The predicted octanol–water partition coefficient (Wildman–Crippen LogP) is 4.15. The molecule has 1 unspecified atom stereocenters. The van der Waals surface area contributed by atoms with Gasteiger partial charge in [-0.25, -0.2) is 9.18 Å².